The number of rotatable bonds is 3. The molecule has 1 heterocycles. The number of benzene rings is 1. The van der Waals surface area contributed by atoms with Crippen molar-refractivity contribution in [1.82, 2.24) is 10.2 Å². The van der Waals surface area contributed by atoms with Gasteiger partial charge < -0.3 is 4.74 Å². The maximum absolute atomic E-state index is 5.04. The molecule has 0 aliphatic carbocycles. The van der Waals surface area contributed by atoms with E-state index in [1.807, 2.05) is 18.2 Å². The van der Waals surface area contributed by atoms with Crippen LogP contribution in [0.25, 0.3) is 0 Å². The third-order valence-corrected chi connectivity index (χ3v) is 3.36. The van der Waals surface area contributed by atoms with Crippen LogP contribution in [0, 0.1) is 0 Å². The van der Waals surface area contributed by atoms with Crippen LogP contribution in [0.5, 0.6) is 5.88 Å². The molecule has 2 aromatic rings. The van der Waals surface area contributed by atoms with E-state index in [1.54, 1.807) is 7.11 Å². The largest absolute Gasteiger partial charge is 0.479 e. The van der Waals surface area contributed by atoms with Gasteiger partial charge in [-0.1, -0.05) is 28.1 Å². The molecule has 5 heteroatoms. The lowest BCUT2D eigenvalue weighted by Crippen LogP contribution is -1.98. The summed E-state index contributed by atoms with van der Waals surface area (Å²) >= 11 is 6.81. The van der Waals surface area contributed by atoms with Gasteiger partial charge in [-0.25, -0.2) is 0 Å². The lowest BCUT2D eigenvalue weighted by atomic mass is 10.1. The summed E-state index contributed by atoms with van der Waals surface area (Å²) < 4.78 is 6.93. The van der Waals surface area contributed by atoms with E-state index in [1.165, 1.54) is 5.56 Å². The normalized spacial score (nSPS) is 10.3. The van der Waals surface area contributed by atoms with Crippen molar-refractivity contribution in [3.63, 3.8) is 0 Å². The van der Waals surface area contributed by atoms with Gasteiger partial charge in [-0.2, -0.15) is 5.10 Å². The van der Waals surface area contributed by atoms with Gasteiger partial charge in [-0.3, -0.25) is 0 Å². The molecular formula is C12H10Br2N2O. The van der Waals surface area contributed by atoms with E-state index in [-0.39, 0.29) is 0 Å². The van der Waals surface area contributed by atoms with Crippen molar-refractivity contribution in [1.29, 1.82) is 0 Å². The van der Waals surface area contributed by atoms with E-state index < -0.39 is 0 Å². The molecule has 2 rings (SSSR count). The number of hydrogen-bond donors (Lipinski definition) is 0. The van der Waals surface area contributed by atoms with Crippen LogP contribution in [-0.2, 0) is 6.42 Å². The van der Waals surface area contributed by atoms with Gasteiger partial charge in [0.25, 0.3) is 0 Å². The zero-order chi connectivity index (χ0) is 12.3. The summed E-state index contributed by atoms with van der Waals surface area (Å²) in [7, 11) is 1.57. The first-order valence-corrected chi connectivity index (χ1v) is 6.58. The Kier molecular flexibility index (Phi) is 4.12. The van der Waals surface area contributed by atoms with Crippen LogP contribution in [0.1, 0.15) is 11.3 Å². The monoisotopic (exact) mass is 356 g/mol. The molecule has 0 N–H and O–H groups in total. The smallest absolute Gasteiger partial charge is 0.247 e. The van der Waals surface area contributed by atoms with Gasteiger partial charge in [-0.15, -0.1) is 5.10 Å². The van der Waals surface area contributed by atoms with Gasteiger partial charge in [0.15, 0.2) is 0 Å². The fourth-order valence-corrected chi connectivity index (χ4v) is 2.20. The topological polar surface area (TPSA) is 35.0 Å². The molecule has 0 amide bonds. The minimum Gasteiger partial charge on any atom is -0.479 e. The average Bonchev–Trinajstić information content (AvgIpc) is 2.32. The van der Waals surface area contributed by atoms with E-state index >= 15 is 0 Å². The van der Waals surface area contributed by atoms with Crippen molar-refractivity contribution >= 4 is 31.9 Å². The molecule has 3 nitrogen and oxygen atoms in total. The average molecular weight is 358 g/mol. The molecule has 0 fully saturated rings. The second kappa shape index (κ2) is 5.60. The number of hydrogen-bond acceptors (Lipinski definition) is 3. The molecule has 0 saturated heterocycles. The van der Waals surface area contributed by atoms with E-state index in [2.05, 4.69) is 54.2 Å². The van der Waals surface area contributed by atoms with E-state index in [0.29, 0.717) is 5.88 Å². The van der Waals surface area contributed by atoms with Gasteiger partial charge in [0, 0.05) is 10.9 Å². The molecule has 0 bridgehead atoms. The van der Waals surface area contributed by atoms with E-state index in [9.17, 15) is 0 Å². The van der Waals surface area contributed by atoms with Gasteiger partial charge in [0.2, 0.25) is 5.88 Å². The molecule has 0 aliphatic heterocycles. The first-order valence-electron chi connectivity index (χ1n) is 4.99. The van der Waals surface area contributed by atoms with Crippen LogP contribution >= 0.6 is 31.9 Å². The van der Waals surface area contributed by atoms with Crippen LogP contribution < -0.4 is 4.74 Å². The number of halogens is 2. The Morgan fingerprint density at radius 2 is 1.82 bits per heavy atom. The molecule has 0 radical (unpaired) electrons. The first-order chi connectivity index (χ1) is 8.19. The molecule has 1 aromatic carbocycles. The quantitative estimate of drug-likeness (QED) is 0.841. The highest BCUT2D eigenvalue weighted by Gasteiger charge is 2.05. The van der Waals surface area contributed by atoms with Crippen molar-refractivity contribution < 1.29 is 4.74 Å². The fraction of sp³-hybridized carbons (Fsp3) is 0.167. The number of ether oxygens (including phenoxy) is 1. The Morgan fingerprint density at radius 1 is 1.12 bits per heavy atom. The molecule has 0 spiro atoms. The van der Waals surface area contributed by atoms with Gasteiger partial charge in [-0.05, 0) is 39.7 Å². The van der Waals surface area contributed by atoms with Crippen LogP contribution in [-0.4, -0.2) is 17.3 Å². The van der Waals surface area contributed by atoms with E-state index in [4.69, 9.17) is 4.74 Å². The highest BCUT2D eigenvalue weighted by atomic mass is 79.9. The Morgan fingerprint density at radius 3 is 2.41 bits per heavy atom. The standard InChI is InChI=1S/C12H10Br2N2O/c1-17-12-11(14)7-10(15-16-12)6-8-2-4-9(13)5-3-8/h2-5,7H,6H2,1H3. The molecule has 0 saturated carbocycles. The fourth-order valence-electron chi connectivity index (χ4n) is 1.43. The molecule has 88 valence electrons. The highest BCUT2D eigenvalue weighted by Crippen LogP contribution is 2.22. The Hall–Kier alpha value is -0.940. The lowest BCUT2D eigenvalue weighted by molar-refractivity contribution is 0.388. The van der Waals surface area contributed by atoms with Crippen molar-refractivity contribution in [2.45, 2.75) is 6.42 Å². The third-order valence-electron chi connectivity index (χ3n) is 2.26. The zero-order valence-corrected chi connectivity index (χ0v) is 12.3. The lowest BCUT2D eigenvalue weighted by Gasteiger charge is -2.04. The van der Waals surface area contributed by atoms with Crippen molar-refractivity contribution in [2.24, 2.45) is 0 Å². The molecule has 1 aromatic heterocycles. The van der Waals surface area contributed by atoms with Crippen molar-refractivity contribution in [3.05, 3.63) is 50.5 Å². The van der Waals surface area contributed by atoms with Gasteiger partial charge in [0.1, 0.15) is 0 Å². The molecule has 0 unspecified atom stereocenters. The second-order valence-electron chi connectivity index (χ2n) is 3.50. The van der Waals surface area contributed by atoms with E-state index in [0.717, 1.165) is 21.1 Å². The Balaban J connectivity index is 2.19. The Bertz CT molecular complexity index is 514. The maximum Gasteiger partial charge on any atom is 0.247 e. The van der Waals surface area contributed by atoms with Crippen LogP contribution in [0.3, 0.4) is 0 Å². The summed E-state index contributed by atoms with van der Waals surface area (Å²) in [4.78, 5) is 0. The highest BCUT2D eigenvalue weighted by molar-refractivity contribution is 9.10. The summed E-state index contributed by atoms with van der Waals surface area (Å²) in [5, 5.41) is 8.09. The summed E-state index contributed by atoms with van der Waals surface area (Å²) in [5.41, 5.74) is 2.10. The van der Waals surface area contributed by atoms with Crippen LogP contribution in [0.4, 0.5) is 0 Å². The number of aromatic nitrogens is 2. The van der Waals surface area contributed by atoms with Crippen LogP contribution in [0.2, 0.25) is 0 Å². The second-order valence-corrected chi connectivity index (χ2v) is 5.27. The maximum atomic E-state index is 5.04. The molecule has 0 atom stereocenters. The Labute approximate surface area is 116 Å². The summed E-state index contributed by atoms with van der Waals surface area (Å²) in [5.74, 6) is 0.504. The number of methoxy groups -OCH3 is 1. The first kappa shape index (κ1) is 12.5. The van der Waals surface area contributed by atoms with Gasteiger partial charge in [0.05, 0.1) is 17.3 Å². The summed E-state index contributed by atoms with van der Waals surface area (Å²) in [6.07, 6.45) is 0.753. The molecular weight excluding hydrogens is 348 g/mol. The van der Waals surface area contributed by atoms with Gasteiger partial charge >= 0.3 is 0 Å². The predicted octanol–water partition coefficient (Wildman–Crippen LogP) is 3.60. The SMILES string of the molecule is COc1nnc(Cc2ccc(Br)cc2)cc1Br. The van der Waals surface area contributed by atoms with Crippen LogP contribution in [0.15, 0.2) is 39.3 Å². The number of nitrogens with zero attached hydrogens (tertiary/aromatic N) is 2. The summed E-state index contributed by atoms with van der Waals surface area (Å²) in [6.45, 7) is 0. The minimum atomic E-state index is 0.504. The minimum absolute atomic E-state index is 0.504. The molecule has 17 heavy (non-hydrogen) atoms. The summed E-state index contributed by atoms with van der Waals surface area (Å²) in [6, 6.07) is 10.1. The van der Waals surface area contributed by atoms with Crippen molar-refractivity contribution in [3.8, 4) is 5.88 Å². The third kappa shape index (κ3) is 3.26. The zero-order valence-electron chi connectivity index (χ0n) is 9.15. The van der Waals surface area contributed by atoms with Crippen molar-refractivity contribution in [2.75, 3.05) is 7.11 Å². The molecule has 0 aliphatic rings. The predicted molar refractivity (Wildman–Crippen MR) is 73.2 cm³/mol.